The molecule has 0 aliphatic rings. The predicted molar refractivity (Wildman–Crippen MR) is 41.9 cm³/mol. The predicted octanol–water partition coefficient (Wildman–Crippen LogP) is -4.87. The molecule has 0 saturated heterocycles. The van der Waals surface area contributed by atoms with Gasteiger partial charge in [-0.1, -0.05) is 0 Å². The molecule has 2 nitrogen and oxygen atoms in total. The van der Waals surface area contributed by atoms with Crippen molar-refractivity contribution in [1.82, 2.24) is 0 Å². The van der Waals surface area contributed by atoms with Crippen LogP contribution in [0.1, 0.15) is 0 Å². The molecule has 0 N–H and O–H groups in total. The first kappa shape index (κ1) is 9.92. The molecule has 6 heteroatoms. The molecule has 40 valence electrons. The second kappa shape index (κ2) is 9.25. The third-order valence-corrected chi connectivity index (χ3v) is 2.12. The Morgan fingerprint density at radius 3 is 1.50 bits per heavy atom. The average Bonchev–Trinajstić information content (AvgIpc) is 1.41. The number of hydrogen-bond donors (Lipinski definition) is 0. The van der Waals surface area contributed by atoms with Crippen molar-refractivity contribution in [1.29, 1.82) is 0 Å². The van der Waals surface area contributed by atoms with Gasteiger partial charge in [-0.25, -0.2) is 0 Å². The summed E-state index contributed by atoms with van der Waals surface area (Å²) < 4.78 is 9.56. The lowest BCUT2D eigenvalue weighted by Gasteiger charge is -1.87. The van der Waals surface area contributed by atoms with Gasteiger partial charge in [0.1, 0.15) is 21.0 Å². The summed E-state index contributed by atoms with van der Waals surface area (Å²) in [5.41, 5.74) is 0. The van der Waals surface area contributed by atoms with E-state index in [4.69, 9.17) is 8.23 Å². The van der Waals surface area contributed by atoms with Gasteiger partial charge in [0.05, 0.1) is 0 Å². The summed E-state index contributed by atoms with van der Waals surface area (Å²) in [5.74, 6) is 0. The summed E-state index contributed by atoms with van der Waals surface area (Å²) in [6, 6.07) is 0. The molecule has 0 heterocycles. The van der Waals surface area contributed by atoms with Crippen molar-refractivity contribution in [3.63, 3.8) is 0 Å². The van der Waals surface area contributed by atoms with Gasteiger partial charge in [-0.15, -0.1) is 0 Å². The molecule has 0 aliphatic carbocycles. The molecule has 0 aromatic rings. The Hall–Kier alpha value is 0.788. The molecule has 0 atom stereocenters. The lowest BCUT2D eigenvalue weighted by molar-refractivity contribution is 0.513. The molecular weight excluding hydrogens is 144 g/mol. The second-order valence-electron chi connectivity index (χ2n) is 0.695. The zero-order valence-corrected chi connectivity index (χ0v) is 8.94. The van der Waals surface area contributed by atoms with Crippen molar-refractivity contribution in [3.8, 4) is 0 Å². The molecule has 0 aromatic heterocycles. The second-order valence-corrected chi connectivity index (χ2v) is 5.55. The minimum absolute atomic E-state index is 0. The van der Waals surface area contributed by atoms with Crippen molar-refractivity contribution < 1.29 is 8.23 Å². The lowest BCUT2D eigenvalue weighted by Crippen LogP contribution is -1.96. The highest BCUT2D eigenvalue weighted by Gasteiger charge is 1.66. The maximum absolute atomic E-state index is 4.78. The van der Waals surface area contributed by atoms with Crippen LogP contribution in [0, 0.1) is 0 Å². The van der Waals surface area contributed by atoms with Crippen molar-refractivity contribution in [2.24, 2.45) is 0 Å². The Morgan fingerprint density at radius 2 is 1.50 bits per heavy atom. The van der Waals surface area contributed by atoms with Crippen LogP contribution in [0.25, 0.3) is 0 Å². The van der Waals surface area contributed by atoms with E-state index in [1.807, 2.05) is 0 Å². The van der Waals surface area contributed by atoms with Crippen molar-refractivity contribution in [2.45, 2.75) is 0 Å². The van der Waals surface area contributed by atoms with Gasteiger partial charge in [-0.2, -0.15) is 0 Å². The van der Waals surface area contributed by atoms with E-state index < -0.39 is 10.0 Å². The van der Waals surface area contributed by atoms with Crippen LogP contribution in [0.2, 0.25) is 0 Å². The van der Waals surface area contributed by atoms with Gasteiger partial charge in [0.2, 0.25) is 0 Å². The van der Waals surface area contributed by atoms with E-state index >= 15 is 0 Å². The van der Waals surface area contributed by atoms with E-state index in [1.54, 1.807) is 0 Å². The minimum atomic E-state index is -0.444. The van der Waals surface area contributed by atoms with Crippen LogP contribution >= 0.6 is 0 Å². The highest BCUT2D eigenvalue weighted by Crippen LogP contribution is 1.52. The Morgan fingerprint density at radius 1 is 1.17 bits per heavy atom. The quantitative estimate of drug-likeness (QED) is 0.373. The van der Waals surface area contributed by atoms with E-state index in [0.29, 0.717) is 0 Å². The molecule has 0 amide bonds. The van der Waals surface area contributed by atoms with Gasteiger partial charge in [0.15, 0.2) is 0 Å². The molecule has 0 saturated carbocycles. The monoisotopic (exact) mass is 156 g/mol. The third-order valence-electron chi connectivity index (χ3n) is 0.236. The van der Waals surface area contributed by atoms with Gasteiger partial charge in [0, 0.05) is 0 Å². The van der Waals surface area contributed by atoms with Crippen LogP contribution in [-0.2, 0) is 8.23 Å². The van der Waals surface area contributed by atoms with Gasteiger partial charge in [-0.05, 0) is 11.0 Å². The lowest BCUT2D eigenvalue weighted by atomic mass is 15.8. The smallest absolute Gasteiger partial charge is 0.282 e. The molecular formula is H12O2Si4. The maximum Gasteiger partial charge on any atom is 0.282 e. The molecule has 0 radical (unpaired) electrons. The highest BCUT2D eigenvalue weighted by atomic mass is 28.3. The molecule has 6 heavy (non-hydrogen) atoms. The topological polar surface area (TPSA) is 18.5 Å². The summed E-state index contributed by atoms with van der Waals surface area (Å²) in [6.45, 7) is 0. The Labute approximate surface area is 50.8 Å². The first-order valence-electron chi connectivity index (χ1n) is 1.39. The Bertz CT molecular complexity index is 13.0. The van der Waals surface area contributed by atoms with Crippen LogP contribution in [0.15, 0.2) is 0 Å². The largest absolute Gasteiger partial charge is 0.449 e. The van der Waals surface area contributed by atoms with E-state index in [1.165, 1.54) is 0 Å². The Kier molecular flexibility index (Phi) is 15.3. The summed E-state index contributed by atoms with van der Waals surface area (Å²) >= 11 is 0. The van der Waals surface area contributed by atoms with E-state index in [-0.39, 0.29) is 11.0 Å². The van der Waals surface area contributed by atoms with E-state index in [0.717, 1.165) is 21.0 Å². The van der Waals surface area contributed by atoms with Gasteiger partial charge in [0.25, 0.3) is 10.0 Å². The van der Waals surface area contributed by atoms with Crippen LogP contribution in [0.4, 0.5) is 0 Å². The van der Waals surface area contributed by atoms with E-state index in [2.05, 4.69) is 0 Å². The van der Waals surface area contributed by atoms with E-state index in [9.17, 15) is 0 Å². The number of hydrogen-bond acceptors (Lipinski definition) is 2. The first-order chi connectivity index (χ1) is 2.41. The van der Waals surface area contributed by atoms with Crippen LogP contribution < -0.4 is 0 Å². The zero-order chi connectivity index (χ0) is 4.12. The fraction of sp³-hybridized carbons (Fsp3) is 0. The molecule has 0 unspecified atom stereocenters. The van der Waals surface area contributed by atoms with Crippen LogP contribution in [-0.4, -0.2) is 41.9 Å². The van der Waals surface area contributed by atoms with Crippen LogP contribution in [0.3, 0.4) is 0 Å². The molecule has 0 aromatic carbocycles. The number of rotatable bonds is 2. The van der Waals surface area contributed by atoms with Gasteiger partial charge >= 0.3 is 0 Å². The normalized spacial score (nSPS) is 10.0. The fourth-order valence-corrected chi connectivity index (χ4v) is 3.18. The molecule has 0 spiro atoms. The van der Waals surface area contributed by atoms with Gasteiger partial charge in [-0.3, -0.25) is 0 Å². The highest BCUT2D eigenvalue weighted by molar-refractivity contribution is 6.33. The fourth-order valence-electron chi connectivity index (χ4n) is 0.118. The summed E-state index contributed by atoms with van der Waals surface area (Å²) in [6.07, 6.45) is 0. The standard InChI is InChI=1S/H8O2Si3.H4Si/c3-1-5-2-4;/h5H2,3-4H3;1H4. The summed E-state index contributed by atoms with van der Waals surface area (Å²) in [5, 5.41) is 0. The van der Waals surface area contributed by atoms with Gasteiger partial charge < -0.3 is 8.23 Å². The SMILES string of the molecule is [SiH3]O[SiH2]O[SiH3].[SiH4]. The molecule has 0 rings (SSSR count). The first-order valence-corrected chi connectivity index (χ1v) is 4.18. The maximum atomic E-state index is 4.78. The summed E-state index contributed by atoms with van der Waals surface area (Å²) in [7, 11) is 1.27. The minimum Gasteiger partial charge on any atom is -0.449 e. The molecule has 0 bridgehead atoms. The zero-order valence-electron chi connectivity index (χ0n) is 3.52. The summed E-state index contributed by atoms with van der Waals surface area (Å²) in [4.78, 5) is 0. The third kappa shape index (κ3) is 8.84. The average molecular weight is 156 g/mol. The van der Waals surface area contributed by atoms with Crippen LogP contribution in [0.5, 0.6) is 0 Å². The molecule has 0 aliphatic heterocycles. The van der Waals surface area contributed by atoms with Crippen molar-refractivity contribution >= 4 is 41.9 Å². The molecule has 0 fully saturated rings. The van der Waals surface area contributed by atoms with Crippen molar-refractivity contribution in [3.05, 3.63) is 0 Å². The Balaban J connectivity index is 0. The van der Waals surface area contributed by atoms with Crippen molar-refractivity contribution in [2.75, 3.05) is 0 Å².